The summed E-state index contributed by atoms with van der Waals surface area (Å²) in [5.41, 5.74) is 7.67. The van der Waals surface area contributed by atoms with Crippen molar-refractivity contribution in [2.45, 2.75) is 38.5 Å². The second kappa shape index (κ2) is 9.11. The van der Waals surface area contributed by atoms with Crippen molar-refractivity contribution in [3.8, 4) is 11.5 Å². The number of aryl methyl sites for hydroxylation is 1. The zero-order valence-corrected chi connectivity index (χ0v) is 15.5. The lowest BCUT2D eigenvalue weighted by Gasteiger charge is -2.23. The number of nitrogens with two attached hydrogens (primary N) is 1. The van der Waals surface area contributed by atoms with Gasteiger partial charge in [-0.25, -0.2) is 0 Å². The van der Waals surface area contributed by atoms with Crippen molar-refractivity contribution in [2.75, 3.05) is 27.8 Å². The highest BCUT2D eigenvalue weighted by molar-refractivity contribution is 5.85. The normalized spacial score (nSPS) is 19.5. The second-order valence-corrected chi connectivity index (χ2v) is 5.89. The molecule has 1 aromatic carbocycles. The molecule has 0 aliphatic carbocycles. The van der Waals surface area contributed by atoms with Crippen LogP contribution in [0.2, 0.25) is 0 Å². The maximum Gasteiger partial charge on any atom is 0.251 e. The van der Waals surface area contributed by atoms with Gasteiger partial charge in [-0.2, -0.15) is 0 Å². The molecule has 0 spiro atoms. The third-order valence-corrected chi connectivity index (χ3v) is 4.27. The van der Waals surface area contributed by atoms with Crippen LogP contribution in [0.3, 0.4) is 0 Å². The minimum absolute atomic E-state index is 0. The number of nitrogens with zero attached hydrogens (tertiary/aromatic N) is 1. The minimum atomic E-state index is -0.381. The molecule has 0 saturated carbocycles. The minimum Gasteiger partial charge on any atom is -0.493 e. The molecule has 7 heteroatoms. The van der Waals surface area contributed by atoms with Crippen LogP contribution >= 0.6 is 12.4 Å². The number of hydrogen-bond acceptors (Lipinski definition) is 5. The van der Waals surface area contributed by atoms with Crippen LogP contribution < -0.4 is 15.2 Å². The van der Waals surface area contributed by atoms with E-state index in [1.165, 1.54) is 0 Å². The van der Waals surface area contributed by atoms with Crippen LogP contribution in [0.4, 0.5) is 0 Å². The van der Waals surface area contributed by atoms with Crippen LogP contribution in [0, 0.1) is 6.92 Å². The standard InChI is InChI=1S/C17H26N2O4.ClH/c1-11-7-15(21-3)16(22-4)8-12(11)10-19(2)17(20)14-6-5-13(9-18)23-14;/h7-8,13-14H,5-6,9-10,18H2,1-4H3;1H/t13-,14+;/m1./s1. The molecular formula is C17H27ClN2O4. The predicted molar refractivity (Wildman–Crippen MR) is 95.0 cm³/mol. The first-order valence-electron chi connectivity index (χ1n) is 7.82. The first-order valence-corrected chi connectivity index (χ1v) is 7.82. The quantitative estimate of drug-likeness (QED) is 0.840. The highest BCUT2D eigenvalue weighted by Crippen LogP contribution is 2.31. The zero-order chi connectivity index (χ0) is 17.0. The number of rotatable bonds is 6. The van der Waals surface area contributed by atoms with E-state index in [2.05, 4.69) is 0 Å². The molecule has 2 rings (SSSR count). The Morgan fingerprint density at radius 3 is 2.46 bits per heavy atom. The highest BCUT2D eigenvalue weighted by Gasteiger charge is 2.31. The van der Waals surface area contributed by atoms with Gasteiger partial charge < -0.3 is 24.8 Å². The fourth-order valence-corrected chi connectivity index (χ4v) is 2.83. The molecule has 24 heavy (non-hydrogen) atoms. The topological polar surface area (TPSA) is 74.0 Å². The molecule has 1 aromatic rings. The van der Waals surface area contributed by atoms with E-state index in [0.29, 0.717) is 24.6 Å². The molecule has 6 nitrogen and oxygen atoms in total. The van der Waals surface area contributed by atoms with Gasteiger partial charge in [0.2, 0.25) is 0 Å². The second-order valence-electron chi connectivity index (χ2n) is 5.89. The molecule has 0 radical (unpaired) electrons. The number of carbonyl (C=O) groups is 1. The van der Waals surface area contributed by atoms with E-state index in [9.17, 15) is 4.79 Å². The van der Waals surface area contributed by atoms with E-state index in [1.807, 2.05) is 19.1 Å². The summed E-state index contributed by atoms with van der Waals surface area (Å²) in [5, 5.41) is 0. The molecule has 1 fully saturated rings. The van der Waals surface area contributed by atoms with E-state index in [0.717, 1.165) is 24.0 Å². The Hall–Kier alpha value is -1.50. The highest BCUT2D eigenvalue weighted by atomic mass is 35.5. The van der Waals surface area contributed by atoms with Crippen LogP contribution in [0.5, 0.6) is 11.5 Å². The summed E-state index contributed by atoms with van der Waals surface area (Å²) in [4.78, 5) is 14.2. The van der Waals surface area contributed by atoms with Crippen LogP contribution in [0.15, 0.2) is 12.1 Å². The maximum atomic E-state index is 12.5. The van der Waals surface area contributed by atoms with Crippen molar-refractivity contribution < 1.29 is 19.0 Å². The van der Waals surface area contributed by atoms with Gasteiger partial charge >= 0.3 is 0 Å². The molecule has 2 N–H and O–H groups in total. The van der Waals surface area contributed by atoms with Gasteiger partial charge in [-0.1, -0.05) is 0 Å². The number of amides is 1. The number of carbonyl (C=O) groups excluding carboxylic acids is 1. The predicted octanol–water partition coefficient (Wildman–Crippen LogP) is 1.90. The number of hydrogen-bond donors (Lipinski definition) is 1. The molecule has 1 aliphatic heterocycles. The van der Waals surface area contributed by atoms with Gasteiger partial charge in [0.25, 0.3) is 5.91 Å². The number of halogens is 1. The number of benzene rings is 1. The monoisotopic (exact) mass is 358 g/mol. The Balaban J connectivity index is 0.00000288. The molecule has 1 amide bonds. The van der Waals surface area contributed by atoms with Crippen molar-refractivity contribution in [1.82, 2.24) is 4.90 Å². The van der Waals surface area contributed by atoms with Crippen molar-refractivity contribution in [3.63, 3.8) is 0 Å². The summed E-state index contributed by atoms with van der Waals surface area (Å²) < 4.78 is 16.3. The summed E-state index contributed by atoms with van der Waals surface area (Å²) in [6.45, 7) is 2.95. The summed E-state index contributed by atoms with van der Waals surface area (Å²) >= 11 is 0. The average Bonchev–Trinajstić information content (AvgIpc) is 3.04. The third-order valence-electron chi connectivity index (χ3n) is 4.27. The van der Waals surface area contributed by atoms with E-state index in [1.54, 1.807) is 26.2 Å². The van der Waals surface area contributed by atoms with Crippen LogP contribution in [-0.4, -0.2) is 50.8 Å². The van der Waals surface area contributed by atoms with E-state index < -0.39 is 0 Å². The van der Waals surface area contributed by atoms with Crippen molar-refractivity contribution >= 4 is 18.3 Å². The van der Waals surface area contributed by atoms with Gasteiger partial charge in [0.05, 0.1) is 20.3 Å². The Morgan fingerprint density at radius 1 is 1.29 bits per heavy atom. The Morgan fingerprint density at radius 2 is 1.92 bits per heavy atom. The van der Waals surface area contributed by atoms with Gasteiger partial charge in [0.15, 0.2) is 11.5 Å². The molecule has 0 bridgehead atoms. The summed E-state index contributed by atoms with van der Waals surface area (Å²) in [6.07, 6.45) is 1.20. The first kappa shape index (κ1) is 20.5. The molecule has 1 heterocycles. The third kappa shape index (κ3) is 4.53. The SMILES string of the molecule is COc1cc(C)c(CN(C)C(=O)[C@@H]2CC[C@H](CN)O2)cc1OC.Cl. The lowest BCUT2D eigenvalue weighted by Crippen LogP contribution is -2.36. The van der Waals surface area contributed by atoms with E-state index in [4.69, 9.17) is 19.9 Å². The van der Waals surface area contributed by atoms with E-state index >= 15 is 0 Å². The van der Waals surface area contributed by atoms with Crippen LogP contribution in [-0.2, 0) is 16.1 Å². The Kier molecular flexibility index (Phi) is 7.79. The fraction of sp³-hybridized carbons (Fsp3) is 0.588. The Labute approximate surface area is 149 Å². The molecular weight excluding hydrogens is 332 g/mol. The summed E-state index contributed by atoms with van der Waals surface area (Å²) in [7, 11) is 5.00. The van der Waals surface area contributed by atoms with Crippen LogP contribution in [0.1, 0.15) is 24.0 Å². The maximum absolute atomic E-state index is 12.5. The average molecular weight is 359 g/mol. The molecule has 1 saturated heterocycles. The van der Waals surface area contributed by atoms with E-state index in [-0.39, 0.29) is 30.5 Å². The number of ether oxygens (including phenoxy) is 3. The molecule has 2 atom stereocenters. The van der Waals surface area contributed by atoms with Crippen LogP contribution in [0.25, 0.3) is 0 Å². The van der Waals surface area contributed by atoms with Crippen molar-refractivity contribution in [1.29, 1.82) is 0 Å². The molecule has 0 aromatic heterocycles. The van der Waals surface area contributed by atoms with Gasteiger partial charge in [-0.15, -0.1) is 12.4 Å². The fourth-order valence-electron chi connectivity index (χ4n) is 2.83. The molecule has 1 aliphatic rings. The smallest absolute Gasteiger partial charge is 0.251 e. The van der Waals surface area contributed by atoms with Crippen molar-refractivity contribution in [3.05, 3.63) is 23.3 Å². The first-order chi connectivity index (χ1) is 11.0. The van der Waals surface area contributed by atoms with Gasteiger partial charge in [-0.05, 0) is 43.0 Å². The summed E-state index contributed by atoms with van der Waals surface area (Å²) in [5.74, 6) is 1.34. The lowest BCUT2D eigenvalue weighted by molar-refractivity contribution is -0.141. The van der Waals surface area contributed by atoms with Gasteiger partial charge in [-0.3, -0.25) is 4.79 Å². The lowest BCUT2D eigenvalue weighted by atomic mass is 10.1. The largest absolute Gasteiger partial charge is 0.493 e. The number of methoxy groups -OCH3 is 2. The summed E-state index contributed by atoms with van der Waals surface area (Å²) in [6, 6.07) is 3.83. The molecule has 136 valence electrons. The Bertz CT molecular complexity index is 568. The zero-order valence-electron chi connectivity index (χ0n) is 14.7. The molecule has 0 unspecified atom stereocenters. The van der Waals surface area contributed by atoms with Gasteiger partial charge in [0, 0.05) is 20.1 Å². The van der Waals surface area contributed by atoms with Gasteiger partial charge in [0.1, 0.15) is 6.10 Å². The number of likely N-dealkylation sites (N-methyl/N-ethyl adjacent to an activating group) is 1. The van der Waals surface area contributed by atoms with Crippen molar-refractivity contribution in [2.24, 2.45) is 5.73 Å².